The van der Waals surface area contributed by atoms with Crippen molar-refractivity contribution in [3.05, 3.63) is 0 Å². The summed E-state index contributed by atoms with van der Waals surface area (Å²) in [4.78, 5) is 22.1. The number of amides is 1. The molecule has 0 aromatic rings. The summed E-state index contributed by atoms with van der Waals surface area (Å²) in [7, 11) is 1.21. The van der Waals surface area contributed by atoms with E-state index in [2.05, 4.69) is 10.1 Å². The lowest BCUT2D eigenvalue weighted by atomic mass is 9.89. The number of nitrogens with one attached hydrogen (secondary N) is 1. The number of methoxy groups -OCH3 is 1. The van der Waals surface area contributed by atoms with E-state index in [1.807, 2.05) is 6.92 Å². The zero-order chi connectivity index (χ0) is 12.1. The van der Waals surface area contributed by atoms with Gasteiger partial charge in [0.15, 0.2) is 0 Å². The highest BCUT2D eigenvalue weighted by molar-refractivity contribution is 5.80. The average Bonchev–Trinajstić information content (AvgIpc) is 2.25. The Bertz CT molecular complexity index is 268. The molecule has 6 heteroatoms. The molecule has 0 spiro atoms. The highest BCUT2D eigenvalue weighted by atomic mass is 16.5. The topological polar surface area (TPSA) is 84.9 Å². The van der Waals surface area contributed by atoms with Crippen LogP contribution in [0.3, 0.4) is 0 Å². The summed E-state index contributed by atoms with van der Waals surface area (Å²) in [5.74, 6) is -1.15. The van der Waals surface area contributed by atoms with Gasteiger partial charge < -0.3 is 19.9 Å². The Morgan fingerprint density at radius 3 is 2.75 bits per heavy atom. The van der Waals surface area contributed by atoms with E-state index >= 15 is 0 Å². The van der Waals surface area contributed by atoms with Crippen LogP contribution in [0.2, 0.25) is 0 Å². The molecule has 1 saturated heterocycles. The molecule has 1 amide bonds. The number of alkyl carbamates (subject to hydrolysis) is 1. The van der Waals surface area contributed by atoms with Crippen molar-refractivity contribution in [1.82, 2.24) is 5.32 Å². The fourth-order valence-corrected chi connectivity index (χ4v) is 1.90. The van der Waals surface area contributed by atoms with Crippen molar-refractivity contribution in [2.24, 2.45) is 5.92 Å². The van der Waals surface area contributed by atoms with Crippen LogP contribution < -0.4 is 5.32 Å². The van der Waals surface area contributed by atoms with Crippen LogP contribution in [0.1, 0.15) is 19.8 Å². The number of carboxylic acids is 1. The largest absolute Gasteiger partial charge is 0.480 e. The number of hydrogen-bond acceptors (Lipinski definition) is 4. The fourth-order valence-electron chi connectivity index (χ4n) is 1.90. The first-order valence-electron chi connectivity index (χ1n) is 5.23. The lowest BCUT2D eigenvalue weighted by Gasteiger charge is -2.31. The molecule has 16 heavy (non-hydrogen) atoms. The highest BCUT2D eigenvalue weighted by Crippen LogP contribution is 2.23. The molecule has 0 aromatic carbocycles. The van der Waals surface area contributed by atoms with Gasteiger partial charge in [-0.3, -0.25) is 0 Å². The van der Waals surface area contributed by atoms with Gasteiger partial charge in [-0.1, -0.05) is 0 Å². The SMILES string of the molecule is COC(=O)N[C@@H](C(=O)O)[C@H]1CCO[C@H](C)C1. The average molecular weight is 231 g/mol. The molecular formula is C10H17NO5. The monoisotopic (exact) mass is 231 g/mol. The second-order valence-corrected chi connectivity index (χ2v) is 3.92. The van der Waals surface area contributed by atoms with E-state index in [-0.39, 0.29) is 12.0 Å². The quantitative estimate of drug-likeness (QED) is 0.743. The molecule has 1 aliphatic rings. The summed E-state index contributed by atoms with van der Waals surface area (Å²) in [5.41, 5.74) is 0. The van der Waals surface area contributed by atoms with E-state index < -0.39 is 18.1 Å². The van der Waals surface area contributed by atoms with E-state index in [1.165, 1.54) is 7.11 Å². The molecule has 3 atom stereocenters. The van der Waals surface area contributed by atoms with E-state index in [4.69, 9.17) is 9.84 Å². The van der Waals surface area contributed by atoms with Gasteiger partial charge in [-0.2, -0.15) is 0 Å². The summed E-state index contributed by atoms with van der Waals surface area (Å²) in [6.45, 7) is 2.42. The van der Waals surface area contributed by atoms with Crippen molar-refractivity contribution in [2.75, 3.05) is 13.7 Å². The Hall–Kier alpha value is -1.30. The van der Waals surface area contributed by atoms with Crippen LogP contribution in [0.25, 0.3) is 0 Å². The molecule has 1 fully saturated rings. The predicted octanol–water partition coefficient (Wildman–Crippen LogP) is 0.611. The summed E-state index contributed by atoms with van der Waals surface area (Å²) < 4.78 is 9.74. The van der Waals surface area contributed by atoms with E-state index in [1.54, 1.807) is 0 Å². The number of rotatable bonds is 3. The van der Waals surface area contributed by atoms with Gasteiger partial charge >= 0.3 is 12.1 Å². The Labute approximate surface area is 93.9 Å². The summed E-state index contributed by atoms with van der Waals surface area (Å²) in [5, 5.41) is 11.4. The van der Waals surface area contributed by atoms with E-state index in [9.17, 15) is 9.59 Å². The molecule has 1 aliphatic heterocycles. The van der Waals surface area contributed by atoms with Crippen LogP contribution in [-0.2, 0) is 14.3 Å². The Morgan fingerprint density at radius 1 is 1.56 bits per heavy atom. The van der Waals surface area contributed by atoms with Crippen LogP contribution in [0.5, 0.6) is 0 Å². The van der Waals surface area contributed by atoms with Crippen LogP contribution in [0.4, 0.5) is 4.79 Å². The van der Waals surface area contributed by atoms with Crippen molar-refractivity contribution < 1.29 is 24.2 Å². The van der Waals surface area contributed by atoms with Crippen LogP contribution in [0, 0.1) is 5.92 Å². The molecule has 6 nitrogen and oxygen atoms in total. The second kappa shape index (κ2) is 5.69. The first kappa shape index (κ1) is 12.8. The predicted molar refractivity (Wildman–Crippen MR) is 55.1 cm³/mol. The molecule has 92 valence electrons. The van der Waals surface area contributed by atoms with E-state index in [0.29, 0.717) is 19.4 Å². The lowest BCUT2D eigenvalue weighted by Crippen LogP contribution is -2.48. The molecule has 0 aromatic heterocycles. The maximum Gasteiger partial charge on any atom is 0.407 e. The Balaban J connectivity index is 2.61. The maximum atomic E-state index is 11.0. The molecule has 0 saturated carbocycles. The molecule has 0 unspecified atom stereocenters. The number of hydrogen-bond donors (Lipinski definition) is 2. The van der Waals surface area contributed by atoms with Gasteiger partial charge in [-0.15, -0.1) is 0 Å². The van der Waals surface area contributed by atoms with Crippen LogP contribution >= 0.6 is 0 Å². The van der Waals surface area contributed by atoms with Gasteiger partial charge in [0.2, 0.25) is 0 Å². The fraction of sp³-hybridized carbons (Fsp3) is 0.800. The molecule has 0 radical (unpaired) electrons. The zero-order valence-electron chi connectivity index (χ0n) is 9.43. The maximum absolute atomic E-state index is 11.0. The minimum atomic E-state index is -1.04. The number of carboxylic acid groups (broad SMARTS) is 1. The number of ether oxygens (including phenoxy) is 2. The van der Waals surface area contributed by atoms with Crippen molar-refractivity contribution in [2.45, 2.75) is 31.9 Å². The van der Waals surface area contributed by atoms with Crippen LogP contribution in [-0.4, -0.2) is 43.0 Å². The molecule has 1 heterocycles. The van der Waals surface area contributed by atoms with E-state index in [0.717, 1.165) is 0 Å². The molecule has 0 bridgehead atoms. The third-order valence-electron chi connectivity index (χ3n) is 2.72. The van der Waals surface area contributed by atoms with Crippen molar-refractivity contribution in [1.29, 1.82) is 0 Å². The second-order valence-electron chi connectivity index (χ2n) is 3.92. The first-order valence-corrected chi connectivity index (χ1v) is 5.23. The van der Waals surface area contributed by atoms with Gasteiger partial charge in [-0.05, 0) is 25.7 Å². The van der Waals surface area contributed by atoms with Gasteiger partial charge in [0.25, 0.3) is 0 Å². The van der Waals surface area contributed by atoms with Crippen LogP contribution in [0.15, 0.2) is 0 Å². The normalized spacial score (nSPS) is 26.9. The van der Waals surface area contributed by atoms with Crippen molar-refractivity contribution in [3.8, 4) is 0 Å². The first-order chi connectivity index (χ1) is 7.54. The molecular weight excluding hydrogens is 214 g/mol. The minimum Gasteiger partial charge on any atom is -0.480 e. The zero-order valence-corrected chi connectivity index (χ0v) is 9.43. The molecule has 0 aliphatic carbocycles. The third-order valence-corrected chi connectivity index (χ3v) is 2.72. The Kier molecular flexibility index (Phi) is 4.54. The molecule has 2 N–H and O–H groups in total. The van der Waals surface area contributed by atoms with Gasteiger partial charge in [-0.25, -0.2) is 9.59 Å². The van der Waals surface area contributed by atoms with Gasteiger partial charge in [0.05, 0.1) is 13.2 Å². The number of aliphatic carboxylic acids is 1. The Morgan fingerprint density at radius 2 is 2.25 bits per heavy atom. The summed E-state index contributed by atoms with van der Waals surface area (Å²) in [6, 6.07) is -0.904. The van der Waals surface area contributed by atoms with Crippen molar-refractivity contribution in [3.63, 3.8) is 0 Å². The third kappa shape index (κ3) is 3.37. The summed E-state index contributed by atoms with van der Waals surface area (Å²) in [6.07, 6.45) is 0.568. The molecule has 1 rings (SSSR count). The number of carbonyl (C=O) groups excluding carboxylic acids is 1. The standard InChI is InChI=1S/C10H17NO5/c1-6-5-7(3-4-16-6)8(9(12)13)11-10(14)15-2/h6-8H,3-5H2,1-2H3,(H,11,14)(H,12,13)/t6-,7+,8-/m1/s1. The smallest absolute Gasteiger partial charge is 0.407 e. The number of carbonyl (C=O) groups is 2. The summed E-state index contributed by atoms with van der Waals surface area (Å²) >= 11 is 0. The lowest BCUT2D eigenvalue weighted by molar-refractivity contribution is -0.142. The minimum absolute atomic E-state index is 0.0278. The van der Waals surface area contributed by atoms with Crippen molar-refractivity contribution >= 4 is 12.1 Å². The highest BCUT2D eigenvalue weighted by Gasteiger charge is 2.33. The van der Waals surface area contributed by atoms with Gasteiger partial charge in [0.1, 0.15) is 6.04 Å². The van der Waals surface area contributed by atoms with Gasteiger partial charge in [0, 0.05) is 6.61 Å².